The van der Waals surface area contributed by atoms with E-state index in [4.69, 9.17) is 19.9 Å². The number of carbonyl (C=O) groups excluding carboxylic acids is 8. The molecule has 15 heteroatoms. The first-order valence-corrected chi connectivity index (χ1v) is 23.3. The number of hydrogen-bond donors (Lipinski definition) is 1. The Morgan fingerprint density at radius 3 is 1.04 bits per heavy atom. The van der Waals surface area contributed by atoms with Crippen molar-refractivity contribution in [1.82, 2.24) is 9.80 Å². The maximum absolute atomic E-state index is 14.4. The molecule has 10 aliphatic rings. The molecule has 12 unspecified atom stereocenters. The van der Waals surface area contributed by atoms with E-state index in [1.54, 1.807) is 111 Å². The van der Waals surface area contributed by atoms with Gasteiger partial charge in [0.2, 0.25) is 35.4 Å². The number of anilines is 2. The van der Waals surface area contributed by atoms with E-state index in [2.05, 4.69) is 0 Å². The number of likely N-dealkylation sites (tertiary alicyclic amines) is 2. The van der Waals surface area contributed by atoms with Gasteiger partial charge in [0.05, 0.1) is 64.1 Å². The molecule has 4 aliphatic heterocycles. The molecule has 348 valence electrons. The van der Waals surface area contributed by atoms with Gasteiger partial charge in [-0.05, 0) is 112 Å². The largest absolute Gasteiger partial charge is 0.457 e. The van der Waals surface area contributed by atoms with Crippen LogP contribution in [-0.2, 0) is 54.2 Å². The van der Waals surface area contributed by atoms with Gasteiger partial charge in [-0.3, -0.25) is 53.1 Å². The third kappa shape index (κ3) is 5.91. The average Bonchev–Trinajstić information content (AvgIpc) is 4.01. The van der Waals surface area contributed by atoms with Crippen molar-refractivity contribution >= 4 is 58.8 Å². The van der Waals surface area contributed by atoms with Gasteiger partial charge in [0.1, 0.15) is 23.0 Å². The molecule has 4 aromatic carbocycles. The number of hydrogen-bond acceptors (Lipinski definition) is 12. The topological polar surface area (TPSA) is 200 Å². The van der Waals surface area contributed by atoms with Crippen molar-refractivity contribution in [2.45, 2.75) is 38.8 Å². The van der Waals surface area contributed by atoms with Crippen LogP contribution in [0, 0.1) is 71.0 Å². The Balaban J connectivity index is 0.720. The number of rotatable bonds is 9. The minimum absolute atomic E-state index is 0.340. The normalized spacial score (nSPS) is 31.7. The van der Waals surface area contributed by atoms with Crippen molar-refractivity contribution < 1.29 is 52.6 Å². The molecule has 4 aromatic rings. The molecule has 6 aliphatic carbocycles. The molecule has 0 aromatic heterocycles. The number of benzene rings is 4. The van der Waals surface area contributed by atoms with E-state index in [0.29, 0.717) is 39.9 Å². The summed E-state index contributed by atoms with van der Waals surface area (Å²) in [6, 6.07) is 27.7. The number of nitrogen functional groups attached to an aromatic ring is 1. The van der Waals surface area contributed by atoms with E-state index in [9.17, 15) is 38.4 Å². The van der Waals surface area contributed by atoms with Crippen molar-refractivity contribution in [2.75, 3.05) is 10.6 Å². The zero-order valence-corrected chi connectivity index (χ0v) is 37.9. The van der Waals surface area contributed by atoms with Gasteiger partial charge in [-0.15, -0.1) is 0 Å². The second-order valence-corrected chi connectivity index (χ2v) is 20.5. The van der Waals surface area contributed by atoms with Crippen LogP contribution in [-0.4, -0.2) is 57.2 Å². The fourth-order valence-corrected chi connectivity index (χ4v) is 13.2. The van der Waals surface area contributed by atoms with Crippen LogP contribution in [0.2, 0.25) is 0 Å². The molecule has 0 radical (unpaired) electrons. The second kappa shape index (κ2) is 14.7. The van der Waals surface area contributed by atoms with Gasteiger partial charge in [-0.1, -0.05) is 48.6 Å². The maximum atomic E-state index is 14.4. The molecular formula is C54H46N4O11. The van der Waals surface area contributed by atoms with E-state index in [1.165, 1.54) is 14.7 Å². The lowest BCUT2D eigenvalue weighted by Crippen LogP contribution is -2.50. The van der Waals surface area contributed by atoms with Crippen LogP contribution in [0.15, 0.2) is 121 Å². The predicted molar refractivity (Wildman–Crippen MR) is 244 cm³/mol. The lowest BCUT2D eigenvalue weighted by molar-refractivity contribution is -0.154. The third-order valence-electron chi connectivity index (χ3n) is 16.4. The van der Waals surface area contributed by atoms with Gasteiger partial charge < -0.3 is 19.9 Å². The molecule has 6 fully saturated rings. The number of imide groups is 3. The number of ether oxygens (including phenoxy) is 3. The second-order valence-electron chi connectivity index (χ2n) is 20.5. The number of carbonyl (C=O) groups is 8. The quantitative estimate of drug-likeness (QED) is 0.0649. The SMILES string of the molecule is CC(C)(c1ccc(Oc2ccc(N3C(=O)C4C5C=CC(C4C3=O)C3C(=O)N(C(C)(C)c4ccc(Oc6ccc(N)cc6)cc4)C(=O)C53)cc2)cc1)N1C(=O)C2C3C=CC(C4C(=O)OC(=O)C34)C2C1=O. The highest BCUT2D eigenvalue weighted by atomic mass is 16.6. The smallest absolute Gasteiger partial charge is 0.318 e. The standard InChI is InChI=1S/C54H46N4O11/c1-53(2,25-5-13-29(14-6-25)67-31-17-9-27(55)10-18-31)57-47(61)39-33-21-22-34(40(39)48(57)62)38-37(33)45(59)56(46(38)60)28-11-19-32(20-12-28)68-30-15-7-26(8-16-30)54(3,4)58-49(63)41-35-23-24-36(42(41)50(58)64)44-43(35)51(65)69-52(44)66/h5-24,33-44H,55H2,1-4H3. The third-order valence-corrected chi connectivity index (χ3v) is 16.4. The molecule has 14 rings (SSSR count). The average molecular weight is 927 g/mol. The molecule has 0 spiro atoms. The monoisotopic (exact) mass is 926 g/mol. The van der Waals surface area contributed by atoms with E-state index in [-0.39, 0.29) is 23.6 Å². The van der Waals surface area contributed by atoms with Crippen molar-refractivity contribution in [1.29, 1.82) is 0 Å². The highest BCUT2D eigenvalue weighted by molar-refractivity contribution is 6.23. The van der Waals surface area contributed by atoms with Crippen LogP contribution in [0.3, 0.4) is 0 Å². The van der Waals surface area contributed by atoms with Gasteiger partial charge in [-0.25, -0.2) is 0 Å². The summed E-state index contributed by atoms with van der Waals surface area (Å²) in [5.74, 6) is -10.2. The van der Waals surface area contributed by atoms with Crippen LogP contribution in [0.5, 0.6) is 23.0 Å². The van der Waals surface area contributed by atoms with Gasteiger partial charge in [-0.2, -0.15) is 0 Å². The summed E-state index contributed by atoms with van der Waals surface area (Å²) in [5, 5.41) is 0. The Labute approximate surface area is 395 Å². The molecule has 4 heterocycles. The van der Waals surface area contributed by atoms with Gasteiger partial charge in [0, 0.05) is 29.4 Å². The van der Waals surface area contributed by atoms with Crippen molar-refractivity contribution in [3.63, 3.8) is 0 Å². The first-order valence-electron chi connectivity index (χ1n) is 23.3. The Hall–Kier alpha value is -7.68. The summed E-state index contributed by atoms with van der Waals surface area (Å²) in [6.07, 6.45) is 7.26. The molecule has 2 saturated carbocycles. The lowest BCUT2D eigenvalue weighted by atomic mass is 9.54. The van der Waals surface area contributed by atoms with E-state index >= 15 is 0 Å². The van der Waals surface area contributed by atoms with E-state index in [1.807, 2.05) is 38.1 Å². The zero-order chi connectivity index (χ0) is 48.2. The first-order chi connectivity index (χ1) is 33.0. The first kappa shape index (κ1) is 42.7. The number of nitrogens with zero attached hydrogens (tertiary/aromatic N) is 3. The maximum Gasteiger partial charge on any atom is 0.318 e. The Bertz CT molecular complexity index is 2930. The van der Waals surface area contributed by atoms with Gasteiger partial charge >= 0.3 is 11.9 Å². The van der Waals surface area contributed by atoms with Crippen LogP contribution in [0.25, 0.3) is 0 Å². The van der Waals surface area contributed by atoms with Gasteiger partial charge in [0.15, 0.2) is 0 Å². The molecule has 6 amide bonds. The number of esters is 2. The summed E-state index contributed by atoms with van der Waals surface area (Å²) >= 11 is 0. The highest BCUT2D eigenvalue weighted by Gasteiger charge is 2.71. The van der Waals surface area contributed by atoms with Crippen molar-refractivity contribution in [3.05, 3.63) is 132 Å². The number of nitrogens with two attached hydrogens (primary N) is 1. The van der Waals surface area contributed by atoms with Crippen LogP contribution in [0.1, 0.15) is 38.8 Å². The van der Waals surface area contributed by atoms with Crippen LogP contribution >= 0.6 is 0 Å². The van der Waals surface area contributed by atoms with Crippen molar-refractivity contribution in [3.8, 4) is 23.0 Å². The molecule has 69 heavy (non-hydrogen) atoms. The Morgan fingerprint density at radius 1 is 0.406 bits per heavy atom. The highest BCUT2D eigenvalue weighted by Crippen LogP contribution is 2.61. The number of allylic oxidation sites excluding steroid dienone is 4. The summed E-state index contributed by atoms with van der Waals surface area (Å²) in [4.78, 5) is 115. The summed E-state index contributed by atoms with van der Waals surface area (Å²) in [6.45, 7) is 7.20. The van der Waals surface area contributed by atoms with E-state index in [0.717, 1.165) is 5.56 Å². The fraction of sp³-hybridized carbons (Fsp3) is 0.333. The molecule has 15 nitrogen and oxygen atoms in total. The Kier molecular flexibility index (Phi) is 9.06. The molecule has 4 bridgehead atoms. The minimum Gasteiger partial charge on any atom is -0.457 e. The number of cyclic esters (lactones) is 2. The fourth-order valence-electron chi connectivity index (χ4n) is 13.2. The molecule has 12 atom stereocenters. The zero-order valence-electron chi connectivity index (χ0n) is 37.9. The summed E-state index contributed by atoms with van der Waals surface area (Å²) in [5.41, 5.74) is 6.01. The lowest BCUT2D eigenvalue weighted by Gasteiger charge is -2.44. The minimum atomic E-state index is -1.08. The van der Waals surface area contributed by atoms with Crippen LogP contribution in [0.4, 0.5) is 11.4 Å². The van der Waals surface area contributed by atoms with Crippen LogP contribution < -0.4 is 20.1 Å². The predicted octanol–water partition coefficient (Wildman–Crippen LogP) is 6.28. The molecular weight excluding hydrogens is 881 g/mol. The Morgan fingerprint density at radius 2 is 0.696 bits per heavy atom. The summed E-state index contributed by atoms with van der Waals surface area (Å²) in [7, 11) is 0. The number of amides is 6. The molecule has 4 saturated heterocycles. The van der Waals surface area contributed by atoms with Crippen molar-refractivity contribution in [2.24, 2.45) is 71.0 Å². The van der Waals surface area contributed by atoms with Gasteiger partial charge in [0.25, 0.3) is 0 Å². The molecule has 2 N–H and O–H groups in total. The summed E-state index contributed by atoms with van der Waals surface area (Å²) < 4.78 is 17.1. The van der Waals surface area contributed by atoms with E-state index < -0.39 is 106 Å².